The topological polar surface area (TPSA) is 31.4 Å². The van der Waals surface area contributed by atoms with Crippen molar-refractivity contribution >= 4 is 0 Å². The van der Waals surface area contributed by atoms with Gasteiger partial charge in [-0.1, -0.05) is 33.8 Å². The summed E-state index contributed by atoms with van der Waals surface area (Å²) in [6.45, 7) is 9.92. The van der Waals surface area contributed by atoms with Gasteiger partial charge in [-0.05, 0) is 71.3 Å². The van der Waals surface area contributed by atoms with Gasteiger partial charge >= 0.3 is 6.18 Å². The van der Waals surface area contributed by atoms with E-state index in [1.54, 1.807) is 0 Å². The van der Waals surface area contributed by atoms with Gasteiger partial charge in [0, 0.05) is 43.0 Å². The minimum absolute atomic E-state index is 0.0820. The van der Waals surface area contributed by atoms with Crippen LogP contribution in [0.3, 0.4) is 0 Å². The van der Waals surface area contributed by atoms with Crippen molar-refractivity contribution in [2.45, 2.75) is 95.4 Å². The maximum absolute atomic E-state index is 14.7. The molecule has 194 valence electrons. The summed E-state index contributed by atoms with van der Waals surface area (Å²) in [5.41, 5.74) is 4.34. The lowest BCUT2D eigenvalue weighted by atomic mass is 9.65. The van der Waals surface area contributed by atoms with Crippen LogP contribution in [0.2, 0.25) is 0 Å². The zero-order valence-corrected chi connectivity index (χ0v) is 21.3. The first-order valence-electron chi connectivity index (χ1n) is 13.1. The van der Waals surface area contributed by atoms with E-state index in [0.717, 1.165) is 54.8 Å². The Morgan fingerprint density at radius 2 is 1.72 bits per heavy atom. The number of nitrogens with zero attached hydrogens (tertiary/aromatic N) is 1. The van der Waals surface area contributed by atoms with Crippen molar-refractivity contribution in [2.75, 3.05) is 13.2 Å². The Bertz CT molecular complexity index is 1220. The third kappa shape index (κ3) is 3.64. The third-order valence-electron chi connectivity index (χ3n) is 8.70. The molecule has 2 fully saturated rings. The Balaban J connectivity index is 1.61. The molecule has 3 heterocycles. The van der Waals surface area contributed by atoms with Crippen molar-refractivity contribution in [1.29, 1.82) is 0 Å². The molecule has 2 aliphatic carbocycles. The second-order valence-corrected chi connectivity index (χ2v) is 12.4. The summed E-state index contributed by atoms with van der Waals surface area (Å²) in [7, 11) is 0. The monoisotopic (exact) mass is 503 g/mol. The van der Waals surface area contributed by atoms with Crippen LogP contribution in [0.4, 0.5) is 17.6 Å². The Labute approximate surface area is 209 Å². The zero-order valence-electron chi connectivity index (χ0n) is 21.3. The van der Waals surface area contributed by atoms with Crippen LogP contribution in [0, 0.1) is 11.2 Å². The van der Waals surface area contributed by atoms with E-state index in [9.17, 15) is 17.6 Å². The van der Waals surface area contributed by atoms with Crippen LogP contribution in [0.5, 0.6) is 0 Å². The van der Waals surface area contributed by atoms with E-state index in [4.69, 9.17) is 14.5 Å². The zero-order chi connectivity index (χ0) is 25.7. The number of benzene rings is 1. The summed E-state index contributed by atoms with van der Waals surface area (Å²) in [5.74, 6) is -1.18. The molecule has 1 atom stereocenters. The van der Waals surface area contributed by atoms with E-state index >= 15 is 0 Å². The quantitative estimate of drug-likeness (QED) is 0.398. The number of hydrogen-bond acceptors (Lipinski definition) is 3. The van der Waals surface area contributed by atoms with Gasteiger partial charge in [-0.3, -0.25) is 4.98 Å². The molecule has 0 bridgehead atoms. The van der Waals surface area contributed by atoms with Crippen molar-refractivity contribution in [3.05, 3.63) is 63.2 Å². The summed E-state index contributed by atoms with van der Waals surface area (Å²) in [4.78, 5) is 5.26. The fourth-order valence-corrected chi connectivity index (χ4v) is 7.22. The molecule has 0 N–H and O–H groups in total. The van der Waals surface area contributed by atoms with Gasteiger partial charge in [0.1, 0.15) is 11.9 Å². The first-order chi connectivity index (χ1) is 16.9. The van der Waals surface area contributed by atoms with E-state index in [2.05, 4.69) is 27.7 Å². The number of fused-ring (bicyclic) bond motifs is 5. The van der Waals surface area contributed by atoms with Crippen molar-refractivity contribution in [1.82, 2.24) is 4.98 Å². The van der Waals surface area contributed by atoms with E-state index in [1.807, 2.05) is 0 Å². The minimum Gasteiger partial charge on any atom is -0.381 e. The standard InChI is InChI=1S/C29H33F4NO2/c1-16(2)24-21-23(22-20(34-24)14-26(3,4)15-27(22)7-8-27)28(9-11-35-12-10-28)36-25(21)17-5-6-18(19(30)13-17)29(31,32)33/h5-6,13,16,25H,7-12,14-15H2,1-4H3/t25-/m1/s1. The highest BCUT2D eigenvalue weighted by atomic mass is 19.4. The highest BCUT2D eigenvalue weighted by Crippen LogP contribution is 2.65. The summed E-state index contributed by atoms with van der Waals surface area (Å²) in [5, 5.41) is 0. The molecule has 6 rings (SSSR count). The molecular formula is C29H33F4NO2. The van der Waals surface area contributed by atoms with Crippen LogP contribution in [0.25, 0.3) is 0 Å². The van der Waals surface area contributed by atoms with Gasteiger partial charge in [0.25, 0.3) is 0 Å². The van der Waals surface area contributed by atoms with E-state index in [0.29, 0.717) is 31.6 Å². The average molecular weight is 504 g/mol. The average Bonchev–Trinajstić information content (AvgIpc) is 3.46. The molecule has 0 amide bonds. The number of rotatable bonds is 2. The molecular weight excluding hydrogens is 470 g/mol. The smallest absolute Gasteiger partial charge is 0.381 e. The fourth-order valence-electron chi connectivity index (χ4n) is 7.22. The lowest BCUT2D eigenvalue weighted by Gasteiger charge is -2.42. The van der Waals surface area contributed by atoms with Crippen molar-refractivity contribution in [3.8, 4) is 0 Å². The van der Waals surface area contributed by atoms with Gasteiger partial charge in [0.05, 0.1) is 11.2 Å². The Morgan fingerprint density at radius 1 is 1.03 bits per heavy atom. The molecule has 2 spiro atoms. The molecule has 1 saturated heterocycles. The maximum atomic E-state index is 14.7. The molecule has 4 aliphatic rings. The van der Waals surface area contributed by atoms with Crippen LogP contribution in [-0.2, 0) is 33.1 Å². The molecule has 0 unspecified atom stereocenters. The minimum atomic E-state index is -4.74. The molecule has 7 heteroatoms. The van der Waals surface area contributed by atoms with Crippen LogP contribution in [0.1, 0.15) is 111 Å². The van der Waals surface area contributed by atoms with Crippen LogP contribution in [0.15, 0.2) is 18.2 Å². The lowest BCUT2D eigenvalue weighted by molar-refractivity contribution is -0.140. The number of aromatic nitrogens is 1. The summed E-state index contributed by atoms with van der Waals surface area (Å²) < 4.78 is 67.3. The maximum Gasteiger partial charge on any atom is 0.419 e. The SMILES string of the molecule is CC(C)c1nc2c(c3c1[C@@H](c1ccc(C(F)(F)F)c(F)c1)OC31CCOCC1)C1(CC1)CC(C)(C)C2. The number of pyridine rings is 1. The van der Waals surface area contributed by atoms with Crippen molar-refractivity contribution in [3.63, 3.8) is 0 Å². The largest absolute Gasteiger partial charge is 0.419 e. The summed E-state index contributed by atoms with van der Waals surface area (Å²) >= 11 is 0. The lowest BCUT2D eigenvalue weighted by Crippen LogP contribution is -2.39. The van der Waals surface area contributed by atoms with Gasteiger partial charge in [-0.15, -0.1) is 0 Å². The molecule has 0 radical (unpaired) electrons. The molecule has 2 aromatic rings. The van der Waals surface area contributed by atoms with Crippen molar-refractivity contribution in [2.24, 2.45) is 5.41 Å². The predicted octanol–water partition coefficient (Wildman–Crippen LogP) is 7.49. The van der Waals surface area contributed by atoms with Gasteiger partial charge in [0.2, 0.25) is 0 Å². The predicted molar refractivity (Wildman–Crippen MR) is 127 cm³/mol. The van der Waals surface area contributed by atoms with Gasteiger partial charge in [0.15, 0.2) is 0 Å². The van der Waals surface area contributed by atoms with Gasteiger partial charge in [-0.25, -0.2) is 4.39 Å². The molecule has 3 nitrogen and oxygen atoms in total. The van der Waals surface area contributed by atoms with Gasteiger partial charge < -0.3 is 9.47 Å². The first-order valence-corrected chi connectivity index (χ1v) is 13.1. The molecule has 1 aromatic carbocycles. The highest BCUT2D eigenvalue weighted by molar-refractivity contribution is 5.58. The van der Waals surface area contributed by atoms with Gasteiger partial charge in [-0.2, -0.15) is 13.2 Å². The van der Waals surface area contributed by atoms with E-state index in [-0.39, 0.29) is 16.7 Å². The third-order valence-corrected chi connectivity index (χ3v) is 8.70. The Hall–Kier alpha value is -1.99. The second-order valence-electron chi connectivity index (χ2n) is 12.4. The van der Waals surface area contributed by atoms with Crippen LogP contribution in [-0.4, -0.2) is 18.2 Å². The molecule has 1 aromatic heterocycles. The summed E-state index contributed by atoms with van der Waals surface area (Å²) in [6.07, 6.45) is 0.164. The molecule has 1 saturated carbocycles. The Morgan fingerprint density at radius 3 is 2.31 bits per heavy atom. The molecule has 36 heavy (non-hydrogen) atoms. The highest BCUT2D eigenvalue weighted by Gasteiger charge is 2.59. The number of ether oxygens (including phenoxy) is 2. The summed E-state index contributed by atoms with van der Waals surface area (Å²) in [6, 6.07) is 3.22. The van der Waals surface area contributed by atoms with Crippen molar-refractivity contribution < 1.29 is 27.0 Å². The Kier molecular flexibility index (Phi) is 5.25. The van der Waals surface area contributed by atoms with Crippen LogP contribution >= 0.6 is 0 Å². The first kappa shape index (κ1) is 24.4. The molecule has 2 aliphatic heterocycles. The second kappa shape index (κ2) is 7.76. The van der Waals surface area contributed by atoms with Crippen LogP contribution < -0.4 is 0 Å². The number of hydrogen-bond donors (Lipinski definition) is 0. The number of alkyl halides is 3. The normalized spacial score (nSPS) is 25.3. The fraction of sp³-hybridized carbons (Fsp3) is 0.621. The van der Waals surface area contributed by atoms with E-state index in [1.165, 1.54) is 17.2 Å². The number of halogens is 4. The van der Waals surface area contributed by atoms with E-state index < -0.39 is 29.3 Å².